The van der Waals surface area contributed by atoms with Crippen molar-refractivity contribution in [3.05, 3.63) is 0 Å². The van der Waals surface area contributed by atoms with Crippen molar-refractivity contribution < 1.29 is 22.5 Å². The quantitative estimate of drug-likeness (QED) is 0.518. The number of carboxylic acid groups (broad SMARTS) is 1. The van der Waals surface area contributed by atoms with Crippen LogP contribution < -0.4 is 0 Å². The molecule has 0 rings (SSSR count). The van der Waals surface area contributed by atoms with Crippen LogP contribution in [0.5, 0.6) is 0 Å². The van der Waals surface area contributed by atoms with Crippen molar-refractivity contribution >= 4 is 16.2 Å². The number of hydrogen-bond donors (Lipinski definition) is 1. The topological polar surface area (TPSA) is 83.9 Å². The normalized spacial score (nSPS) is 11.4. The molecule has 0 saturated heterocycles. The van der Waals surface area contributed by atoms with Gasteiger partial charge in [-0.15, -0.1) is 0 Å². The summed E-state index contributed by atoms with van der Waals surface area (Å²) in [5.41, 5.74) is 0. The molecule has 0 aliphatic rings. The van der Waals surface area contributed by atoms with Crippen molar-refractivity contribution in [1.29, 1.82) is 0 Å². The fourth-order valence-electron chi connectivity index (χ4n) is 1.11. The predicted molar refractivity (Wildman–Crippen MR) is 59.9 cm³/mol. The molecular weight excluding hydrogens is 234 g/mol. The lowest BCUT2D eigenvalue weighted by Crippen LogP contribution is -2.25. The molecule has 7 heteroatoms. The Balaban J connectivity index is 3.32. The average molecular weight is 253 g/mol. The van der Waals surface area contributed by atoms with Gasteiger partial charge in [0.1, 0.15) is 0 Å². The highest BCUT2D eigenvalue weighted by molar-refractivity contribution is 7.85. The summed E-state index contributed by atoms with van der Waals surface area (Å²) in [6, 6.07) is 0. The van der Waals surface area contributed by atoms with Crippen molar-refractivity contribution in [3.63, 3.8) is 0 Å². The molecule has 0 fully saturated rings. The van der Waals surface area contributed by atoms with E-state index in [1.807, 2.05) is 0 Å². The van der Waals surface area contributed by atoms with E-state index in [2.05, 4.69) is 4.18 Å². The predicted octanol–water partition coefficient (Wildman–Crippen LogP) is 1.13. The molecule has 16 heavy (non-hydrogen) atoms. The summed E-state index contributed by atoms with van der Waals surface area (Å²) in [4.78, 5) is 11.6. The van der Waals surface area contributed by atoms with Gasteiger partial charge in [-0.05, 0) is 12.8 Å². The number of hydrogen-bond acceptors (Lipinski definition) is 4. The highest BCUT2D eigenvalue weighted by Gasteiger charge is 2.04. The van der Waals surface area contributed by atoms with E-state index in [0.717, 1.165) is 25.5 Å². The fourth-order valence-corrected chi connectivity index (χ4v) is 1.53. The Morgan fingerprint density at radius 3 is 2.31 bits per heavy atom. The molecule has 1 N–H and O–H groups in total. The van der Waals surface area contributed by atoms with E-state index in [4.69, 9.17) is 5.11 Å². The first-order valence-corrected chi connectivity index (χ1v) is 6.93. The molecule has 96 valence electrons. The lowest BCUT2D eigenvalue weighted by Gasteiger charge is -2.11. The van der Waals surface area contributed by atoms with E-state index in [-0.39, 0.29) is 6.61 Å². The van der Waals surface area contributed by atoms with Crippen molar-refractivity contribution in [1.82, 2.24) is 4.90 Å². The van der Waals surface area contributed by atoms with Crippen LogP contribution >= 0.6 is 0 Å². The molecule has 0 aliphatic carbocycles. The molecule has 0 bridgehead atoms. The molecule has 0 aliphatic heterocycles. The maximum atomic E-state index is 10.6. The molecule has 0 heterocycles. The summed E-state index contributed by atoms with van der Waals surface area (Å²) >= 11 is 0. The van der Waals surface area contributed by atoms with Gasteiger partial charge >= 0.3 is 6.09 Å². The highest BCUT2D eigenvalue weighted by atomic mass is 32.2. The first-order valence-electron chi connectivity index (χ1n) is 5.11. The molecule has 0 radical (unpaired) electrons. The van der Waals surface area contributed by atoms with Crippen LogP contribution in [0.25, 0.3) is 0 Å². The number of nitrogens with zero attached hydrogens (tertiary/aromatic N) is 1. The maximum absolute atomic E-state index is 10.6. The second kappa shape index (κ2) is 7.45. The van der Waals surface area contributed by atoms with Crippen molar-refractivity contribution in [2.45, 2.75) is 25.7 Å². The van der Waals surface area contributed by atoms with Crippen LogP contribution in [0.3, 0.4) is 0 Å². The van der Waals surface area contributed by atoms with Gasteiger partial charge in [-0.3, -0.25) is 4.18 Å². The average Bonchev–Trinajstić information content (AvgIpc) is 2.14. The Bertz CT molecular complexity index is 301. The zero-order valence-corrected chi connectivity index (χ0v) is 10.5. The number of rotatable bonds is 8. The molecule has 0 aromatic heterocycles. The van der Waals surface area contributed by atoms with Gasteiger partial charge in [0.05, 0.1) is 12.9 Å². The minimum absolute atomic E-state index is 0.202. The Morgan fingerprint density at radius 1 is 1.25 bits per heavy atom. The van der Waals surface area contributed by atoms with E-state index in [0.29, 0.717) is 13.0 Å². The zero-order valence-electron chi connectivity index (χ0n) is 9.68. The van der Waals surface area contributed by atoms with Gasteiger partial charge in [0.15, 0.2) is 0 Å². The number of carbonyl (C=O) groups is 1. The third-order valence-corrected chi connectivity index (χ3v) is 2.61. The zero-order chi connectivity index (χ0) is 12.6. The van der Waals surface area contributed by atoms with E-state index in [1.54, 1.807) is 0 Å². The Morgan fingerprint density at radius 2 is 1.81 bits per heavy atom. The van der Waals surface area contributed by atoms with E-state index in [1.165, 1.54) is 11.9 Å². The van der Waals surface area contributed by atoms with Gasteiger partial charge in [0.2, 0.25) is 0 Å². The van der Waals surface area contributed by atoms with Crippen LogP contribution in [0, 0.1) is 0 Å². The second-order valence-corrected chi connectivity index (χ2v) is 5.29. The Labute approximate surface area is 96.3 Å². The van der Waals surface area contributed by atoms with Gasteiger partial charge in [-0.25, -0.2) is 4.79 Å². The number of amides is 1. The molecule has 0 saturated carbocycles. The summed E-state index contributed by atoms with van der Waals surface area (Å²) in [6.45, 7) is 0.704. The molecule has 1 amide bonds. The van der Waals surface area contributed by atoms with Crippen LogP contribution in [0.1, 0.15) is 25.7 Å². The van der Waals surface area contributed by atoms with Gasteiger partial charge in [-0.1, -0.05) is 12.8 Å². The Hall–Kier alpha value is -0.820. The van der Waals surface area contributed by atoms with Crippen molar-refractivity contribution in [3.8, 4) is 0 Å². The lowest BCUT2D eigenvalue weighted by atomic mass is 10.2. The van der Waals surface area contributed by atoms with E-state index >= 15 is 0 Å². The summed E-state index contributed by atoms with van der Waals surface area (Å²) in [5, 5.41) is 8.55. The van der Waals surface area contributed by atoms with Crippen molar-refractivity contribution in [2.75, 3.05) is 26.5 Å². The monoisotopic (exact) mass is 253 g/mol. The van der Waals surface area contributed by atoms with Gasteiger partial charge in [-0.2, -0.15) is 8.42 Å². The van der Waals surface area contributed by atoms with Crippen LogP contribution in [0.2, 0.25) is 0 Å². The lowest BCUT2D eigenvalue weighted by molar-refractivity contribution is 0.155. The smallest absolute Gasteiger partial charge is 0.407 e. The SMILES string of the molecule is CN(CCCCCCOS(C)(=O)=O)C(=O)O. The largest absolute Gasteiger partial charge is 0.465 e. The molecule has 6 nitrogen and oxygen atoms in total. The highest BCUT2D eigenvalue weighted by Crippen LogP contribution is 2.02. The minimum atomic E-state index is -3.33. The minimum Gasteiger partial charge on any atom is -0.465 e. The fraction of sp³-hybridized carbons (Fsp3) is 0.889. The maximum Gasteiger partial charge on any atom is 0.407 e. The summed E-state index contributed by atoms with van der Waals surface area (Å²) in [7, 11) is -1.80. The van der Waals surface area contributed by atoms with Gasteiger partial charge < -0.3 is 10.0 Å². The standard InChI is InChI=1S/C9H19NO5S/c1-10(9(11)12)7-5-3-4-6-8-15-16(2,13)14/h3-8H2,1-2H3,(H,11,12). The van der Waals surface area contributed by atoms with Crippen LogP contribution in [-0.2, 0) is 14.3 Å². The first-order chi connectivity index (χ1) is 7.33. The van der Waals surface area contributed by atoms with Crippen molar-refractivity contribution in [2.24, 2.45) is 0 Å². The third-order valence-electron chi connectivity index (χ3n) is 2.01. The second-order valence-electron chi connectivity index (χ2n) is 3.64. The molecular formula is C9H19NO5S. The summed E-state index contributed by atoms with van der Waals surface area (Å²) in [5.74, 6) is 0. The van der Waals surface area contributed by atoms with E-state index in [9.17, 15) is 13.2 Å². The molecule has 0 unspecified atom stereocenters. The van der Waals surface area contributed by atoms with E-state index < -0.39 is 16.2 Å². The summed E-state index contributed by atoms with van der Waals surface area (Å²) in [6.07, 6.45) is 3.24. The molecule has 0 atom stereocenters. The third kappa shape index (κ3) is 9.72. The van der Waals surface area contributed by atoms with Crippen LogP contribution in [0.4, 0.5) is 4.79 Å². The Kier molecular flexibility index (Phi) is 7.07. The summed E-state index contributed by atoms with van der Waals surface area (Å²) < 4.78 is 25.7. The van der Waals surface area contributed by atoms with Crippen LogP contribution in [-0.4, -0.2) is 51.0 Å². The molecule has 0 spiro atoms. The molecule has 0 aromatic rings. The van der Waals surface area contributed by atoms with Gasteiger partial charge in [0, 0.05) is 13.6 Å². The molecule has 0 aromatic carbocycles. The van der Waals surface area contributed by atoms with Crippen LogP contribution in [0.15, 0.2) is 0 Å². The number of unbranched alkanes of at least 4 members (excludes halogenated alkanes) is 3. The van der Waals surface area contributed by atoms with Gasteiger partial charge in [0.25, 0.3) is 10.1 Å². The first kappa shape index (κ1) is 15.2.